The van der Waals surface area contributed by atoms with Gasteiger partial charge in [0.25, 0.3) is 5.91 Å². The summed E-state index contributed by atoms with van der Waals surface area (Å²) in [5.41, 5.74) is 1.12. The van der Waals surface area contributed by atoms with E-state index in [4.69, 9.17) is 26.1 Å². The summed E-state index contributed by atoms with van der Waals surface area (Å²) in [6.45, 7) is 5.49. The van der Waals surface area contributed by atoms with Gasteiger partial charge in [-0.25, -0.2) is 0 Å². The average Bonchev–Trinajstić information content (AvgIpc) is 3.29. The Bertz CT molecular complexity index is 1100. The number of morpholine rings is 1. The van der Waals surface area contributed by atoms with E-state index in [1.807, 2.05) is 43.0 Å². The predicted molar refractivity (Wildman–Crippen MR) is 125 cm³/mol. The van der Waals surface area contributed by atoms with Crippen LogP contribution in [0.3, 0.4) is 0 Å². The quantitative estimate of drug-likeness (QED) is 0.480. The van der Waals surface area contributed by atoms with Crippen LogP contribution in [-0.4, -0.2) is 52.5 Å². The van der Waals surface area contributed by atoms with Crippen molar-refractivity contribution in [2.24, 2.45) is 0 Å². The number of amides is 1. The van der Waals surface area contributed by atoms with Crippen LogP contribution >= 0.6 is 24.0 Å². The molecule has 0 radical (unpaired) electrons. The SMILES string of the molecule is COc1ccc(CN2C(=O)/C(=C\c3nc(C#N)c(N4CC(C)OC(C)C4)o3)SC2=S)cc1. The first-order valence-corrected chi connectivity index (χ1v) is 11.3. The minimum atomic E-state index is -0.220. The van der Waals surface area contributed by atoms with Crippen molar-refractivity contribution in [1.29, 1.82) is 5.26 Å². The van der Waals surface area contributed by atoms with Gasteiger partial charge in [-0.1, -0.05) is 36.1 Å². The molecule has 0 aliphatic carbocycles. The molecule has 0 N–H and O–H groups in total. The molecule has 8 nitrogen and oxygen atoms in total. The molecule has 0 bridgehead atoms. The summed E-state index contributed by atoms with van der Waals surface area (Å²) < 4.78 is 17.3. The van der Waals surface area contributed by atoms with E-state index in [-0.39, 0.29) is 29.7 Å². The Hall–Kier alpha value is -2.87. The zero-order chi connectivity index (χ0) is 22.8. The average molecular weight is 471 g/mol. The third-order valence-electron chi connectivity index (χ3n) is 5.07. The van der Waals surface area contributed by atoms with Gasteiger partial charge in [0.2, 0.25) is 17.5 Å². The lowest BCUT2D eigenvalue weighted by atomic mass is 10.2. The number of nitrogens with zero attached hydrogens (tertiary/aromatic N) is 4. The van der Waals surface area contributed by atoms with Gasteiger partial charge in [0.15, 0.2) is 0 Å². The second kappa shape index (κ2) is 9.32. The first kappa shape index (κ1) is 22.3. The fourth-order valence-corrected chi connectivity index (χ4v) is 4.90. The highest BCUT2D eigenvalue weighted by Gasteiger charge is 2.33. The maximum Gasteiger partial charge on any atom is 0.266 e. The topological polar surface area (TPSA) is 91.8 Å². The molecule has 2 aromatic rings. The lowest BCUT2D eigenvalue weighted by Gasteiger charge is -2.34. The van der Waals surface area contributed by atoms with Crippen molar-refractivity contribution < 1.29 is 18.7 Å². The van der Waals surface area contributed by atoms with Crippen molar-refractivity contribution in [3.63, 3.8) is 0 Å². The van der Waals surface area contributed by atoms with E-state index >= 15 is 0 Å². The number of nitriles is 1. The van der Waals surface area contributed by atoms with E-state index in [2.05, 4.69) is 11.1 Å². The molecule has 1 aromatic heterocycles. The molecule has 1 aromatic carbocycles. The normalized spacial score (nSPS) is 22.5. The van der Waals surface area contributed by atoms with Gasteiger partial charge in [-0.2, -0.15) is 10.2 Å². The van der Waals surface area contributed by atoms with E-state index in [0.717, 1.165) is 11.3 Å². The Labute approximate surface area is 195 Å². The molecular weight excluding hydrogens is 448 g/mol. The lowest BCUT2D eigenvalue weighted by molar-refractivity contribution is -0.122. The van der Waals surface area contributed by atoms with Crippen LogP contribution < -0.4 is 9.64 Å². The van der Waals surface area contributed by atoms with Crippen molar-refractivity contribution >= 4 is 46.2 Å². The highest BCUT2D eigenvalue weighted by atomic mass is 32.2. The van der Waals surface area contributed by atoms with Crippen molar-refractivity contribution in [2.75, 3.05) is 25.1 Å². The molecule has 0 saturated carbocycles. The summed E-state index contributed by atoms with van der Waals surface area (Å²) in [6, 6.07) is 9.55. The first-order chi connectivity index (χ1) is 15.4. The zero-order valence-electron chi connectivity index (χ0n) is 17.9. The molecule has 2 saturated heterocycles. The minimum absolute atomic E-state index is 0.00745. The number of hydrogen-bond donors (Lipinski definition) is 0. The summed E-state index contributed by atoms with van der Waals surface area (Å²) in [5.74, 6) is 1.13. The molecule has 2 aliphatic heterocycles. The van der Waals surface area contributed by atoms with Gasteiger partial charge in [-0.05, 0) is 31.5 Å². The van der Waals surface area contributed by atoms with Crippen LogP contribution in [0.25, 0.3) is 6.08 Å². The molecule has 32 heavy (non-hydrogen) atoms. The van der Waals surface area contributed by atoms with Gasteiger partial charge in [-0.3, -0.25) is 9.69 Å². The van der Waals surface area contributed by atoms with Crippen LogP contribution in [0.15, 0.2) is 33.6 Å². The number of carbonyl (C=O) groups excluding carboxylic acids is 1. The summed E-state index contributed by atoms with van der Waals surface area (Å²) in [7, 11) is 1.61. The van der Waals surface area contributed by atoms with Gasteiger partial charge >= 0.3 is 0 Å². The van der Waals surface area contributed by atoms with Crippen LogP contribution in [0.5, 0.6) is 5.75 Å². The van der Waals surface area contributed by atoms with Gasteiger partial charge in [0.05, 0.1) is 30.8 Å². The molecular formula is C22H22N4O4S2. The molecule has 2 fully saturated rings. The Balaban J connectivity index is 1.53. The van der Waals surface area contributed by atoms with Gasteiger partial charge in [0, 0.05) is 19.2 Å². The van der Waals surface area contributed by atoms with Gasteiger partial charge in [-0.15, -0.1) is 0 Å². The molecule has 166 valence electrons. The number of oxazole rings is 1. The Kier molecular flexibility index (Phi) is 6.50. The number of thioether (sulfide) groups is 1. The van der Waals surface area contributed by atoms with Crippen LogP contribution in [0, 0.1) is 11.3 Å². The smallest absolute Gasteiger partial charge is 0.266 e. The van der Waals surface area contributed by atoms with Crippen LogP contribution in [0.4, 0.5) is 5.88 Å². The third-order valence-corrected chi connectivity index (χ3v) is 6.44. The van der Waals surface area contributed by atoms with E-state index in [1.165, 1.54) is 16.7 Å². The Morgan fingerprint density at radius 3 is 2.62 bits per heavy atom. The number of hydrogen-bond acceptors (Lipinski definition) is 9. The fraction of sp³-hybridized carbons (Fsp3) is 0.364. The molecule has 2 atom stereocenters. The monoisotopic (exact) mass is 470 g/mol. The molecule has 10 heteroatoms. The van der Waals surface area contributed by atoms with E-state index in [9.17, 15) is 10.1 Å². The largest absolute Gasteiger partial charge is 0.497 e. The Morgan fingerprint density at radius 2 is 2.00 bits per heavy atom. The molecule has 3 heterocycles. The first-order valence-electron chi connectivity index (χ1n) is 10.1. The van der Waals surface area contributed by atoms with E-state index in [0.29, 0.717) is 34.7 Å². The molecule has 2 unspecified atom stereocenters. The summed E-state index contributed by atoms with van der Waals surface area (Å²) >= 11 is 6.61. The van der Waals surface area contributed by atoms with Crippen molar-refractivity contribution in [2.45, 2.75) is 32.6 Å². The van der Waals surface area contributed by atoms with Crippen molar-refractivity contribution in [3.05, 3.63) is 46.3 Å². The molecule has 2 aliphatic rings. The minimum Gasteiger partial charge on any atom is -0.497 e. The summed E-state index contributed by atoms with van der Waals surface area (Å²) in [5, 5.41) is 9.53. The second-order valence-corrected chi connectivity index (χ2v) is 9.27. The highest BCUT2D eigenvalue weighted by Crippen LogP contribution is 2.35. The molecule has 4 rings (SSSR count). The predicted octanol–water partition coefficient (Wildman–Crippen LogP) is 3.57. The summed E-state index contributed by atoms with van der Waals surface area (Å²) in [4.78, 5) is 21.1. The fourth-order valence-electron chi connectivity index (χ4n) is 3.68. The highest BCUT2D eigenvalue weighted by molar-refractivity contribution is 8.26. The number of aromatic nitrogens is 1. The number of carbonyl (C=O) groups is 1. The Morgan fingerprint density at radius 1 is 1.31 bits per heavy atom. The number of thiocarbonyl (C=S) groups is 1. The third kappa shape index (κ3) is 4.65. The van der Waals surface area contributed by atoms with E-state index in [1.54, 1.807) is 13.2 Å². The maximum absolute atomic E-state index is 13.0. The standard InChI is InChI=1S/C22H22N4O4S2/c1-13-10-25(11-14(2)29-13)21-17(9-23)24-19(30-21)8-18-20(27)26(22(31)32-18)12-15-4-6-16(28-3)7-5-15/h4-8,13-14H,10-12H2,1-3H3/b18-8+. The van der Waals surface area contributed by atoms with Crippen LogP contribution in [0.2, 0.25) is 0 Å². The van der Waals surface area contributed by atoms with Crippen molar-refractivity contribution in [1.82, 2.24) is 9.88 Å². The van der Waals surface area contributed by atoms with E-state index < -0.39 is 0 Å². The number of rotatable bonds is 5. The van der Waals surface area contributed by atoms with Crippen LogP contribution in [0.1, 0.15) is 31.0 Å². The second-order valence-electron chi connectivity index (χ2n) is 7.60. The maximum atomic E-state index is 13.0. The summed E-state index contributed by atoms with van der Waals surface area (Å²) in [6.07, 6.45) is 1.56. The number of ether oxygens (including phenoxy) is 2. The number of benzene rings is 1. The molecule has 0 spiro atoms. The van der Waals surface area contributed by atoms with Gasteiger partial charge < -0.3 is 18.8 Å². The van der Waals surface area contributed by atoms with Gasteiger partial charge in [0.1, 0.15) is 16.1 Å². The lowest BCUT2D eigenvalue weighted by Crippen LogP contribution is -2.45. The molecule has 1 amide bonds. The number of anilines is 1. The van der Waals surface area contributed by atoms with Crippen molar-refractivity contribution in [3.8, 4) is 11.8 Å². The zero-order valence-corrected chi connectivity index (χ0v) is 19.5. The van der Waals surface area contributed by atoms with Crippen LogP contribution in [-0.2, 0) is 16.1 Å². The number of methoxy groups -OCH3 is 1.